The zero-order chi connectivity index (χ0) is 22.5. The van der Waals surface area contributed by atoms with Crippen LogP contribution in [0.4, 0.5) is 5.69 Å². The Labute approximate surface area is 187 Å². The van der Waals surface area contributed by atoms with Crippen LogP contribution in [0, 0.1) is 5.92 Å². The summed E-state index contributed by atoms with van der Waals surface area (Å²) in [7, 11) is 1.81. The molecule has 4 rings (SSSR count). The summed E-state index contributed by atoms with van der Waals surface area (Å²) < 4.78 is 5.94. The number of ether oxygens (including phenoxy) is 1. The highest BCUT2D eigenvalue weighted by Gasteiger charge is 2.45. The molecule has 0 radical (unpaired) electrons. The number of carbonyl (C=O) groups excluding carboxylic acids is 2. The molecule has 0 spiro atoms. The lowest BCUT2D eigenvalue weighted by Gasteiger charge is -2.44. The summed E-state index contributed by atoms with van der Waals surface area (Å²) in [5, 5.41) is 9.32. The maximum absolute atomic E-state index is 13.5. The fourth-order valence-electron chi connectivity index (χ4n) is 4.61. The molecule has 9 heteroatoms. The smallest absolute Gasteiger partial charge is 0.248 e. The van der Waals surface area contributed by atoms with E-state index >= 15 is 0 Å². The Morgan fingerprint density at radius 2 is 1.78 bits per heavy atom. The number of amides is 2. The first kappa shape index (κ1) is 22.0. The molecule has 9 nitrogen and oxygen atoms in total. The van der Waals surface area contributed by atoms with Crippen LogP contribution < -0.4 is 15.1 Å². The normalized spacial score (nSPS) is 24.1. The molecule has 3 atom stereocenters. The molecule has 2 fully saturated rings. The van der Waals surface area contributed by atoms with E-state index in [9.17, 15) is 14.8 Å². The van der Waals surface area contributed by atoms with E-state index in [0.29, 0.717) is 31.9 Å². The largest absolute Gasteiger partial charge is 0.473 e. The molecule has 32 heavy (non-hydrogen) atoms. The van der Waals surface area contributed by atoms with Crippen molar-refractivity contribution in [1.82, 2.24) is 20.3 Å². The second-order valence-corrected chi connectivity index (χ2v) is 8.26. The molecule has 0 bridgehead atoms. The summed E-state index contributed by atoms with van der Waals surface area (Å²) in [4.78, 5) is 36.1. The standard InChI is InChI=1S/C23H29N5O4/c1-26-16-18(32-20-9-5-6-10-24-20)15-19(22(29)25-31)21(26)23(30)28-13-11-27(12-14-28)17-7-3-2-4-8-17/h2-10,18-19,21,31H,11-16H2,1H3,(H,25,29)/t18?,19?,21-/m0/s1. The Morgan fingerprint density at radius 3 is 2.44 bits per heavy atom. The Morgan fingerprint density at radius 1 is 1.06 bits per heavy atom. The van der Waals surface area contributed by atoms with Crippen molar-refractivity contribution in [2.75, 3.05) is 44.7 Å². The molecule has 1 aromatic carbocycles. The van der Waals surface area contributed by atoms with Gasteiger partial charge in [0.1, 0.15) is 12.1 Å². The third-order valence-corrected chi connectivity index (χ3v) is 6.20. The van der Waals surface area contributed by atoms with Gasteiger partial charge in [-0.1, -0.05) is 24.3 Å². The Bertz CT molecular complexity index is 905. The lowest BCUT2D eigenvalue weighted by Crippen LogP contribution is -2.62. The van der Waals surface area contributed by atoms with Gasteiger partial charge in [0.25, 0.3) is 0 Å². The number of aromatic nitrogens is 1. The van der Waals surface area contributed by atoms with Gasteiger partial charge in [-0.3, -0.25) is 19.7 Å². The number of pyridine rings is 1. The van der Waals surface area contributed by atoms with Crippen LogP contribution in [-0.4, -0.2) is 83.7 Å². The van der Waals surface area contributed by atoms with Crippen LogP contribution >= 0.6 is 0 Å². The molecule has 2 aliphatic heterocycles. The number of hydroxylamine groups is 1. The quantitative estimate of drug-likeness (QED) is 0.530. The van der Waals surface area contributed by atoms with Crippen LogP contribution in [-0.2, 0) is 9.59 Å². The first-order valence-corrected chi connectivity index (χ1v) is 10.9. The van der Waals surface area contributed by atoms with E-state index in [-0.39, 0.29) is 12.0 Å². The average Bonchev–Trinajstić information content (AvgIpc) is 2.84. The third-order valence-electron chi connectivity index (χ3n) is 6.20. The second-order valence-electron chi connectivity index (χ2n) is 8.26. The van der Waals surface area contributed by atoms with Gasteiger partial charge in [0.05, 0.1) is 5.92 Å². The number of para-hydroxylation sites is 1. The molecule has 2 N–H and O–H groups in total. The summed E-state index contributed by atoms with van der Waals surface area (Å²) in [5.41, 5.74) is 2.88. The molecule has 3 heterocycles. The van der Waals surface area contributed by atoms with Crippen molar-refractivity contribution >= 4 is 17.5 Å². The van der Waals surface area contributed by atoms with Crippen molar-refractivity contribution in [3.8, 4) is 5.88 Å². The van der Waals surface area contributed by atoms with Crippen molar-refractivity contribution in [2.24, 2.45) is 5.92 Å². The predicted octanol–water partition coefficient (Wildman–Crippen LogP) is 1.00. The van der Waals surface area contributed by atoms with Gasteiger partial charge in [0.15, 0.2) is 0 Å². The summed E-state index contributed by atoms with van der Waals surface area (Å²) in [6.45, 7) is 3.11. The predicted molar refractivity (Wildman–Crippen MR) is 118 cm³/mol. The number of nitrogens with one attached hydrogen (secondary N) is 1. The van der Waals surface area contributed by atoms with Crippen molar-refractivity contribution in [3.63, 3.8) is 0 Å². The SMILES string of the molecule is CN1CC(Oc2ccccn2)CC(C(=O)NO)[C@H]1C(=O)N1CCN(c2ccccc2)CC1. The van der Waals surface area contributed by atoms with E-state index < -0.39 is 17.9 Å². The monoisotopic (exact) mass is 439 g/mol. The molecule has 0 aliphatic carbocycles. The zero-order valence-electron chi connectivity index (χ0n) is 18.1. The minimum absolute atomic E-state index is 0.0925. The lowest BCUT2D eigenvalue weighted by molar-refractivity contribution is -0.151. The maximum atomic E-state index is 13.5. The minimum atomic E-state index is -0.730. The topological polar surface area (TPSA) is 98.2 Å². The molecule has 2 amide bonds. The fourth-order valence-corrected chi connectivity index (χ4v) is 4.61. The van der Waals surface area contributed by atoms with E-state index in [0.717, 1.165) is 18.8 Å². The highest BCUT2D eigenvalue weighted by atomic mass is 16.5. The molecular formula is C23H29N5O4. The van der Waals surface area contributed by atoms with Gasteiger partial charge in [0, 0.05) is 50.7 Å². The van der Waals surface area contributed by atoms with Crippen molar-refractivity contribution in [1.29, 1.82) is 0 Å². The third kappa shape index (κ3) is 4.84. The number of likely N-dealkylation sites (tertiary alicyclic amines) is 1. The average molecular weight is 440 g/mol. The van der Waals surface area contributed by atoms with Gasteiger partial charge < -0.3 is 14.5 Å². The van der Waals surface area contributed by atoms with Crippen molar-refractivity contribution in [3.05, 3.63) is 54.7 Å². The van der Waals surface area contributed by atoms with Crippen molar-refractivity contribution in [2.45, 2.75) is 18.6 Å². The molecular weight excluding hydrogens is 410 g/mol. The molecule has 2 aliphatic rings. The summed E-state index contributed by atoms with van der Waals surface area (Å²) in [6, 6.07) is 14.9. The van der Waals surface area contributed by atoms with Crippen LogP contribution in [0.5, 0.6) is 5.88 Å². The van der Waals surface area contributed by atoms with Gasteiger partial charge in [-0.25, -0.2) is 10.5 Å². The number of anilines is 1. The maximum Gasteiger partial charge on any atom is 0.248 e. The van der Waals surface area contributed by atoms with Crippen LogP contribution in [0.3, 0.4) is 0 Å². The van der Waals surface area contributed by atoms with Crippen LogP contribution in [0.2, 0.25) is 0 Å². The zero-order valence-corrected chi connectivity index (χ0v) is 18.1. The van der Waals surface area contributed by atoms with Crippen LogP contribution in [0.25, 0.3) is 0 Å². The Hall–Kier alpha value is -3.17. The Kier molecular flexibility index (Phi) is 6.87. The number of nitrogens with zero attached hydrogens (tertiary/aromatic N) is 4. The number of carbonyl (C=O) groups is 2. The summed E-state index contributed by atoms with van der Waals surface area (Å²) in [5.74, 6) is -0.930. The second kappa shape index (κ2) is 9.97. The number of hydrogen-bond acceptors (Lipinski definition) is 7. The fraction of sp³-hybridized carbons (Fsp3) is 0.435. The molecule has 2 aromatic rings. The molecule has 2 saturated heterocycles. The summed E-state index contributed by atoms with van der Waals surface area (Å²) in [6.07, 6.45) is 1.63. The van der Waals surface area contributed by atoms with Gasteiger partial charge in [-0.15, -0.1) is 0 Å². The van der Waals surface area contributed by atoms with Crippen LogP contribution in [0.1, 0.15) is 6.42 Å². The highest BCUT2D eigenvalue weighted by molar-refractivity contribution is 5.90. The molecule has 1 aromatic heterocycles. The van der Waals surface area contributed by atoms with E-state index in [1.165, 1.54) is 0 Å². The van der Waals surface area contributed by atoms with Gasteiger partial charge in [-0.2, -0.15) is 0 Å². The number of piperidine rings is 1. The lowest BCUT2D eigenvalue weighted by atomic mass is 9.86. The van der Waals surface area contributed by atoms with E-state index in [2.05, 4.69) is 22.0 Å². The first-order chi connectivity index (χ1) is 15.6. The van der Waals surface area contributed by atoms with E-state index in [4.69, 9.17) is 4.74 Å². The highest BCUT2D eigenvalue weighted by Crippen LogP contribution is 2.28. The van der Waals surface area contributed by atoms with E-state index in [1.54, 1.807) is 23.8 Å². The number of likely N-dealkylation sites (N-methyl/N-ethyl adjacent to an activating group) is 1. The number of rotatable bonds is 5. The molecule has 0 saturated carbocycles. The molecule has 170 valence electrons. The molecule has 2 unspecified atom stereocenters. The Balaban J connectivity index is 1.43. The first-order valence-electron chi connectivity index (χ1n) is 10.9. The number of hydrogen-bond donors (Lipinski definition) is 2. The number of benzene rings is 1. The minimum Gasteiger partial charge on any atom is -0.473 e. The van der Waals surface area contributed by atoms with Gasteiger partial charge in [-0.05, 0) is 31.7 Å². The van der Waals surface area contributed by atoms with Gasteiger partial charge in [0.2, 0.25) is 17.7 Å². The number of piperazine rings is 1. The van der Waals surface area contributed by atoms with Crippen molar-refractivity contribution < 1.29 is 19.5 Å². The van der Waals surface area contributed by atoms with E-state index in [1.807, 2.05) is 41.1 Å². The summed E-state index contributed by atoms with van der Waals surface area (Å²) >= 11 is 0. The van der Waals surface area contributed by atoms with Gasteiger partial charge >= 0.3 is 0 Å². The van der Waals surface area contributed by atoms with Crippen LogP contribution in [0.15, 0.2) is 54.7 Å².